The maximum absolute atomic E-state index is 13.7. The average molecular weight is 569 g/mol. The molecule has 2 unspecified atom stereocenters. The SMILES string of the molecule is COC1=CC(Cn2c(SC(C)C)nc(O)c(C(=O)Nc3ccc(-c4cn[nH]n4)cc3)c2=O)=CC(OC)C1(C)OC. The Morgan fingerprint density at radius 2 is 1.98 bits per heavy atom. The van der Waals surface area contributed by atoms with E-state index in [9.17, 15) is 14.7 Å². The van der Waals surface area contributed by atoms with Crippen molar-refractivity contribution in [3.05, 3.63) is 69.9 Å². The van der Waals surface area contributed by atoms with Crippen LogP contribution in [0.15, 0.2) is 63.9 Å². The van der Waals surface area contributed by atoms with Crippen LogP contribution in [0.2, 0.25) is 0 Å². The number of nitrogens with one attached hydrogen (secondary N) is 2. The Bertz CT molecular complexity index is 1480. The molecule has 2 atom stereocenters. The highest BCUT2D eigenvalue weighted by molar-refractivity contribution is 7.99. The number of hydrogen-bond donors (Lipinski definition) is 3. The fourth-order valence-corrected chi connectivity index (χ4v) is 5.16. The van der Waals surface area contributed by atoms with Crippen molar-refractivity contribution in [1.29, 1.82) is 0 Å². The van der Waals surface area contributed by atoms with Crippen LogP contribution in [-0.4, -0.2) is 74.3 Å². The van der Waals surface area contributed by atoms with E-state index in [1.165, 1.54) is 23.4 Å². The van der Waals surface area contributed by atoms with Gasteiger partial charge in [-0.3, -0.25) is 14.2 Å². The second-order valence-electron chi connectivity index (χ2n) is 9.46. The normalized spacial score (nSPS) is 18.8. The highest BCUT2D eigenvalue weighted by atomic mass is 32.2. The van der Waals surface area contributed by atoms with Gasteiger partial charge in [-0.2, -0.15) is 20.4 Å². The van der Waals surface area contributed by atoms with E-state index in [2.05, 4.69) is 25.7 Å². The summed E-state index contributed by atoms with van der Waals surface area (Å²) < 4.78 is 18.3. The molecule has 0 radical (unpaired) electrons. The van der Waals surface area contributed by atoms with E-state index in [0.717, 1.165) is 5.56 Å². The second-order valence-corrected chi connectivity index (χ2v) is 11.0. The third-order valence-corrected chi connectivity index (χ3v) is 7.48. The lowest BCUT2D eigenvalue weighted by Gasteiger charge is -2.38. The quantitative estimate of drug-likeness (QED) is 0.245. The first-order valence-electron chi connectivity index (χ1n) is 12.4. The molecule has 0 fully saturated rings. The van der Waals surface area contributed by atoms with Crippen molar-refractivity contribution in [2.24, 2.45) is 0 Å². The minimum atomic E-state index is -0.866. The number of ether oxygens (including phenoxy) is 3. The highest BCUT2D eigenvalue weighted by Gasteiger charge is 2.41. The van der Waals surface area contributed by atoms with Gasteiger partial charge in [-0.05, 0) is 36.8 Å². The van der Waals surface area contributed by atoms with Crippen molar-refractivity contribution >= 4 is 23.4 Å². The Hall–Kier alpha value is -3.94. The van der Waals surface area contributed by atoms with Crippen molar-refractivity contribution in [3.8, 4) is 17.1 Å². The zero-order chi connectivity index (χ0) is 29.0. The third kappa shape index (κ3) is 5.81. The summed E-state index contributed by atoms with van der Waals surface area (Å²) in [7, 11) is 4.66. The van der Waals surface area contributed by atoms with Crippen molar-refractivity contribution in [3.63, 3.8) is 0 Å². The van der Waals surface area contributed by atoms with Gasteiger partial charge in [-0.15, -0.1) is 0 Å². The van der Waals surface area contributed by atoms with E-state index in [0.29, 0.717) is 22.7 Å². The van der Waals surface area contributed by atoms with Crippen LogP contribution in [0.3, 0.4) is 0 Å². The molecule has 1 aromatic carbocycles. The fraction of sp³-hybridized carbons (Fsp3) is 0.370. The summed E-state index contributed by atoms with van der Waals surface area (Å²) in [5.41, 5.74) is 0.526. The molecule has 0 saturated carbocycles. The molecule has 1 amide bonds. The third-order valence-electron chi connectivity index (χ3n) is 6.49. The Labute approximate surface area is 235 Å². The molecule has 4 rings (SSSR count). The molecule has 0 saturated heterocycles. The number of hydrogen-bond acceptors (Lipinski definition) is 10. The molecule has 40 heavy (non-hydrogen) atoms. The first kappa shape index (κ1) is 29.1. The number of aromatic hydroxyl groups is 1. The number of allylic oxidation sites excluding steroid dienone is 2. The number of methoxy groups -OCH3 is 3. The van der Waals surface area contributed by atoms with Gasteiger partial charge in [0.1, 0.15) is 17.6 Å². The van der Waals surface area contributed by atoms with Gasteiger partial charge in [0.25, 0.3) is 11.5 Å². The van der Waals surface area contributed by atoms with Crippen LogP contribution < -0.4 is 10.9 Å². The minimum Gasteiger partial charge on any atom is -0.498 e. The summed E-state index contributed by atoms with van der Waals surface area (Å²) in [6.07, 6.45) is 4.69. The van der Waals surface area contributed by atoms with Gasteiger partial charge in [0.2, 0.25) is 5.88 Å². The Balaban J connectivity index is 1.69. The molecule has 2 heterocycles. The summed E-state index contributed by atoms with van der Waals surface area (Å²) in [5.74, 6) is -0.913. The van der Waals surface area contributed by atoms with E-state index >= 15 is 0 Å². The van der Waals surface area contributed by atoms with Gasteiger partial charge in [0, 0.05) is 30.7 Å². The van der Waals surface area contributed by atoms with Gasteiger partial charge in [0.15, 0.2) is 16.3 Å². The molecule has 12 nitrogen and oxygen atoms in total. The van der Waals surface area contributed by atoms with Crippen LogP contribution in [0.4, 0.5) is 5.69 Å². The summed E-state index contributed by atoms with van der Waals surface area (Å²) in [6.45, 7) is 5.78. The van der Waals surface area contributed by atoms with Crippen LogP contribution in [0.1, 0.15) is 31.1 Å². The summed E-state index contributed by atoms with van der Waals surface area (Å²) >= 11 is 1.30. The molecule has 2 aromatic heterocycles. The first-order valence-corrected chi connectivity index (χ1v) is 13.3. The van der Waals surface area contributed by atoms with Crippen molar-refractivity contribution in [2.45, 2.75) is 49.4 Å². The van der Waals surface area contributed by atoms with Crippen LogP contribution >= 0.6 is 11.8 Å². The molecular formula is C27H32N6O6S. The topological polar surface area (TPSA) is 153 Å². The van der Waals surface area contributed by atoms with Crippen LogP contribution in [0.5, 0.6) is 5.88 Å². The fourth-order valence-electron chi connectivity index (χ4n) is 4.33. The maximum atomic E-state index is 13.7. The predicted molar refractivity (Wildman–Crippen MR) is 150 cm³/mol. The molecule has 3 aromatic rings. The van der Waals surface area contributed by atoms with E-state index in [1.54, 1.807) is 50.8 Å². The zero-order valence-corrected chi connectivity index (χ0v) is 23.9. The van der Waals surface area contributed by atoms with Crippen LogP contribution in [-0.2, 0) is 20.8 Å². The smallest absolute Gasteiger partial charge is 0.271 e. The largest absolute Gasteiger partial charge is 0.498 e. The summed E-state index contributed by atoms with van der Waals surface area (Å²) in [4.78, 5) is 31.2. The lowest BCUT2D eigenvalue weighted by Crippen LogP contribution is -2.46. The number of nitrogens with zero attached hydrogens (tertiary/aromatic N) is 4. The van der Waals surface area contributed by atoms with E-state index < -0.39 is 34.6 Å². The van der Waals surface area contributed by atoms with E-state index in [1.807, 2.05) is 26.8 Å². The molecule has 3 N–H and O–H groups in total. The molecular weight excluding hydrogens is 536 g/mol. The zero-order valence-electron chi connectivity index (χ0n) is 23.1. The summed E-state index contributed by atoms with van der Waals surface area (Å²) in [5, 5.41) is 24.0. The van der Waals surface area contributed by atoms with E-state index in [-0.39, 0.29) is 17.0 Å². The Kier molecular flexibility index (Phi) is 8.76. The number of amides is 1. The van der Waals surface area contributed by atoms with Crippen molar-refractivity contribution in [2.75, 3.05) is 26.6 Å². The lowest BCUT2D eigenvalue weighted by atomic mass is 9.88. The molecule has 1 aliphatic rings. The standard InChI is InChI=1S/C27H32N6O6S/c1-15(2)40-26-30-24(35)22(23(34)29-18-9-7-17(8-10-18)19-13-28-32-31-19)25(36)33(26)14-16-11-20(37-4)27(3,39-6)21(12-16)38-5/h7-13,15,20,35H,14H2,1-6H3,(H,29,34)(H,28,31,32). The van der Waals surface area contributed by atoms with Gasteiger partial charge in [-0.1, -0.05) is 37.7 Å². The average Bonchev–Trinajstić information content (AvgIpc) is 3.46. The minimum absolute atomic E-state index is 0.0504. The Morgan fingerprint density at radius 1 is 1.25 bits per heavy atom. The number of carbonyl (C=O) groups excluding carboxylic acids is 1. The summed E-state index contributed by atoms with van der Waals surface area (Å²) in [6, 6.07) is 6.83. The number of anilines is 1. The maximum Gasteiger partial charge on any atom is 0.271 e. The molecule has 0 aliphatic heterocycles. The Morgan fingerprint density at radius 3 is 2.55 bits per heavy atom. The van der Waals surface area contributed by atoms with Gasteiger partial charge >= 0.3 is 0 Å². The first-order chi connectivity index (χ1) is 19.1. The number of carbonyl (C=O) groups is 1. The number of rotatable bonds is 10. The monoisotopic (exact) mass is 568 g/mol. The van der Waals surface area contributed by atoms with Crippen LogP contribution in [0.25, 0.3) is 11.3 Å². The molecule has 212 valence electrons. The van der Waals surface area contributed by atoms with Gasteiger partial charge < -0.3 is 24.6 Å². The van der Waals surface area contributed by atoms with E-state index in [4.69, 9.17) is 14.2 Å². The molecule has 0 spiro atoms. The molecule has 1 aliphatic carbocycles. The molecule has 0 bridgehead atoms. The van der Waals surface area contributed by atoms with Crippen molar-refractivity contribution < 1.29 is 24.1 Å². The number of thioether (sulfide) groups is 1. The number of aromatic nitrogens is 5. The number of benzene rings is 1. The highest BCUT2D eigenvalue weighted by Crippen LogP contribution is 2.34. The lowest BCUT2D eigenvalue weighted by molar-refractivity contribution is -0.0885. The predicted octanol–water partition coefficient (Wildman–Crippen LogP) is 3.38. The van der Waals surface area contributed by atoms with Gasteiger partial charge in [0.05, 0.1) is 19.9 Å². The van der Waals surface area contributed by atoms with Crippen molar-refractivity contribution in [1.82, 2.24) is 25.0 Å². The second kappa shape index (κ2) is 12.1. The number of H-pyrrole nitrogens is 1. The number of aromatic amines is 1. The van der Waals surface area contributed by atoms with Crippen LogP contribution in [0, 0.1) is 0 Å². The molecule has 13 heteroatoms. The van der Waals surface area contributed by atoms with Gasteiger partial charge in [-0.25, -0.2) is 0 Å².